The van der Waals surface area contributed by atoms with Gasteiger partial charge in [0.2, 0.25) is 0 Å². The van der Waals surface area contributed by atoms with Crippen molar-refractivity contribution in [2.45, 2.75) is 70.6 Å². The van der Waals surface area contributed by atoms with Crippen molar-refractivity contribution in [3.8, 4) is 0 Å². The van der Waals surface area contributed by atoms with E-state index in [0.717, 1.165) is 12.1 Å². The Kier molecular flexibility index (Phi) is 6.01. The summed E-state index contributed by atoms with van der Waals surface area (Å²) >= 11 is 0. The summed E-state index contributed by atoms with van der Waals surface area (Å²) in [5.74, 6) is 5.59. The summed E-state index contributed by atoms with van der Waals surface area (Å²) in [5, 5.41) is 4.71. The molecule has 0 amide bonds. The molecule has 20 heavy (non-hydrogen) atoms. The van der Waals surface area contributed by atoms with Gasteiger partial charge in [0.1, 0.15) is 0 Å². The van der Waals surface area contributed by atoms with Crippen LogP contribution in [0.3, 0.4) is 0 Å². The minimum absolute atomic E-state index is 0.118. The van der Waals surface area contributed by atoms with Gasteiger partial charge in [0.15, 0.2) is 0 Å². The lowest BCUT2D eigenvalue weighted by molar-refractivity contribution is 0.0611. The maximum atomic E-state index is 5.61. The number of aromatic nitrogens is 2. The monoisotopic (exact) mass is 280 g/mol. The topological polar surface area (TPSA) is 65.1 Å². The van der Waals surface area contributed by atoms with Crippen LogP contribution in [-0.2, 0) is 11.2 Å². The van der Waals surface area contributed by atoms with E-state index in [4.69, 9.17) is 15.7 Å². The van der Waals surface area contributed by atoms with E-state index in [9.17, 15) is 0 Å². The fraction of sp³-hybridized carbons (Fsp3) is 0.800. The predicted molar refractivity (Wildman–Crippen MR) is 80.3 cm³/mol. The van der Waals surface area contributed by atoms with Crippen molar-refractivity contribution in [1.29, 1.82) is 0 Å². The quantitative estimate of drug-likeness (QED) is 0.593. The molecule has 1 unspecified atom stereocenters. The average Bonchev–Trinajstić information content (AvgIpc) is 2.92. The molecule has 0 radical (unpaired) electrons. The molecule has 3 N–H and O–H groups in total. The van der Waals surface area contributed by atoms with Gasteiger partial charge in [-0.25, -0.2) is 0 Å². The van der Waals surface area contributed by atoms with E-state index in [-0.39, 0.29) is 12.1 Å². The summed E-state index contributed by atoms with van der Waals surface area (Å²) in [6.07, 6.45) is 9.70. The Labute approximate surface area is 121 Å². The highest BCUT2D eigenvalue weighted by Gasteiger charge is 2.17. The molecular weight excluding hydrogens is 252 g/mol. The van der Waals surface area contributed by atoms with Crippen molar-refractivity contribution in [1.82, 2.24) is 15.2 Å². The van der Waals surface area contributed by atoms with Gasteiger partial charge < -0.3 is 4.74 Å². The Morgan fingerprint density at radius 1 is 1.40 bits per heavy atom. The molecule has 0 aromatic carbocycles. The largest absolute Gasteiger partial charge is 0.377 e. The Bertz CT molecular complexity index is 385. The lowest BCUT2D eigenvalue weighted by atomic mass is 9.96. The maximum Gasteiger partial charge on any atom is 0.0641 e. The van der Waals surface area contributed by atoms with Crippen molar-refractivity contribution in [2.75, 3.05) is 6.61 Å². The van der Waals surface area contributed by atoms with Gasteiger partial charge in [-0.3, -0.25) is 16.0 Å². The first-order valence-corrected chi connectivity index (χ1v) is 7.80. The molecule has 1 aliphatic rings. The fourth-order valence-corrected chi connectivity index (χ4v) is 2.76. The van der Waals surface area contributed by atoms with Gasteiger partial charge in [-0.1, -0.05) is 19.3 Å². The van der Waals surface area contributed by atoms with E-state index in [0.29, 0.717) is 12.6 Å². The molecule has 2 rings (SSSR count). The molecule has 1 aromatic heterocycles. The van der Waals surface area contributed by atoms with Gasteiger partial charge in [-0.05, 0) is 32.8 Å². The molecule has 1 aliphatic carbocycles. The zero-order valence-corrected chi connectivity index (χ0v) is 12.7. The predicted octanol–water partition coefficient (Wildman–Crippen LogP) is 2.19. The highest BCUT2D eigenvalue weighted by Crippen LogP contribution is 2.27. The molecule has 1 aromatic rings. The first-order chi connectivity index (χ1) is 9.69. The van der Waals surface area contributed by atoms with Crippen LogP contribution in [0.5, 0.6) is 0 Å². The number of nitrogens with one attached hydrogen (secondary N) is 1. The number of rotatable bonds is 7. The van der Waals surface area contributed by atoms with Crippen LogP contribution in [-0.4, -0.2) is 28.5 Å². The van der Waals surface area contributed by atoms with Gasteiger partial charge in [-0.2, -0.15) is 5.10 Å². The molecule has 5 nitrogen and oxygen atoms in total. The van der Waals surface area contributed by atoms with Gasteiger partial charge in [-0.15, -0.1) is 0 Å². The molecule has 5 heteroatoms. The zero-order chi connectivity index (χ0) is 14.4. The number of nitrogens with zero attached hydrogens (tertiary/aromatic N) is 2. The third kappa shape index (κ3) is 4.58. The van der Waals surface area contributed by atoms with Crippen LogP contribution in [0.15, 0.2) is 12.3 Å². The van der Waals surface area contributed by atoms with Crippen molar-refractivity contribution in [2.24, 2.45) is 5.84 Å². The number of hydrogen-bond donors (Lipinski definition) is 2. The van der Waals surface area contributed by atoms with Crippen LogP contribution < -0.4 is 11.3 Å². The van der Waals surface area contributed by atoms with E-state index in [2.05, 4.69) is 22.4 Å². The molecular formula is C15H28N4O. The second kappa shape index (κ2) is 7.76. The minimum Gasteiger partial charge on any atom is -0.377 e. The summed E-state index contributed by atoms with van der Waals surface area (Å²) in [6, 6.07) is 2.81. The fourth-order valence-electron chi connectivity index (χ4n) is 2.76. The van der Waals surface area contributed by atoms with Crippen molar-refractivity contribution < 1.29 is 4.74 Å². The molecule has 114 valence electrons. The second-order valence-corrected chi connectivity index (χ2v) is 6.03. The Hall–Kier alpha value is -0.910. The van der Waals surface area contributed by atoms with Crippen molar-refractivity contribution in [3.05, 3.63) is 18.0 Å². The van der Waals surface area contributed by atoms with Crippen LogP contribution in [0.2, 0.25) is 0 Å². The molecule has 1 heterocycles. The van der Waals surface area contributed by atoms with E-state index < -0.39 is 0 Å². The van der Waals surface area contributed by atoms with Crippen LogP contribution in [0.25, 0.3) is 0 Å². The second-order valence-electron chi connectivity index (χ2n) is 6.03. The standard InChI is InChI=1S/C15H28N4O/c1-12(2)20-11-14(17-16)10-13-8-9-19(18-13)15-6-4-3-5-7-15/h8-9,12,14-15,17H,3-7,10-11,16H2,1-2H3. The van der Waals surface area contributed by atoms with Crippen LogP contribution in [0.4, 0.5) is 0 Å². The molecule has 1 atom stereocenters. The summed E-state index contributed by atoms with van der Waals surface area (Å²) in [7, 11) is 0. The lowest BCUT2D eigenvalue weighted by Gasteiger charge is -2.22. The third-order valence-corrected chi connectivity index (χ3v) is 3.93. The highest BCUT2D eigenvalue weighted by atomic mass is 16.5. The van der Waals surface area contributed by atoms with Gasteiger partial charge >= 0.3 is 0 Å². The van der Waals surface area contributed by atoms with E-state index in [1.807, 2.05) is 13.8 Å². The van der Waals surface area contributed by atoms with E-state index in [1.54, 1.807) is 0 Å². The number of hydrogen-bond acceptors (Lipinski definition) is 4. The SMILES string of the molecule is CC(C)OCC(Cc1ccn(C2CCCCC2)n1)NN. The first kappa shape index (κ1) is 15.5. The Morgan fingerprint density at radius 3 is 2.80 bits per heavy atom. The van der Waals surface area contributed by atoms with Crippen molar-refractivity contribution in [3.63, 3.8) is 0 Å². The normalized spacial score (nSPS) is 18.6. The van der Waals surface area contributed by atoms with Crippen LogP contribution in [0, 0.1) is 0 Å². The summed E-state index contributed by atoms with van der Waals surface area (Å²) in [5.41, 5.74) is 3.91. The van der Waals surface area contributed by atoms with Gasteiger partial charge in [0.05, 0.1) is 30.5 Å². The summed E-state index contributed by atoms with van der Waals surface area (Å²) in [6.45, 7) is 4.68. The van der Waals surface area contributed by atoms with Crippen molar-refractivity contribution >= 4 is 0 Å². The Balaban J connectivity index is 1.87. The molecule has 0 bridgehead atoms. The average molecular weight is 280 g/mol. The number of hydrazine groups is 1. The smallest absolute Gasteiger partial charge is 0.0641 e. The molecule has 1 saturated carbocycles. The minimum atomic E-state index is 0.118. The zero-order valence-electron chi connectivity index (χ0n) is 12.7. The highest BCUT2D eigenvalue weighted by molar-refractivity contribution is 5.02. The Morgan fingerprint density at radius 2 is 2.15 bits per heavy atom. The first-order valence-electron chi connectivity index (χ1n) is 7.80. The lowest BCUT2D eigenvalue weighted by Crippen LogP contribution is -2.41. The third-order valence-electron chi connectivity index (χ3n) is 3.93. The van der Waals surface area contributed by atoms with Gasteiger partial charge in [0.25, 0.3) is 0 Å². The van der Waals surface area contributed by atoms with Gasteiger partial charge in [0, 0.05) is 12.6 Å². The number of ether oxygens (including phenoxy) is 1. The van der Waals surface area contributed by atoms with Crippen LogP contribution >= 0.6 is 0 Å². The van der Waals surface area contributed by atoms with E-state index in [1.165, 1.54) is 32.1 Å². The maximum absolute atomic E-state index is 5.61. The molecule has 1 fully saturated rings. The molecule has 0 saturated heterocycles. The van der Waals surface area contributed by atoms with E-state index >= 15 is 0 Å². The summed E-state index contributed by atoms with van der Waals surface area (Å²) in [4.78, 5) is 0. The van der Waals surface area contributed by atoms with Crippen LogP contribution in [0.1, 0.15) is 57.7 Å². The molecule has 0 aliphatic heterocycles. The molecule has 0 spiro atoms. The number of nitrogens with two attached hydrogens (primary N) is 1. The summed E-state index contributed by atoms with van der Waals surface area (Å²) < 4.78 is 7.76.